The highest BCUT2D eigenvalue weighted by atomic mass is 35.5. The van der Waals surface area contributed by atoms with Gasteiger partial charge in [-0.2, -0.15) is 18.3 Å². The Labute approximate surface area is 242 Å². The smallest absolute Gasteiger partial charge is 0.397 e. The third-order valence-corrected chi connectivity index (χ3v) is 7.43. The lowest BCUT2D eigenvalue weighted by Crippen LogP contribution is -2.28. The monoisotopic (exact) mass is 590 g/mol. The third-order valence-electron chi connectivity index (χ3n) is 7.11. The van der Waals surface area contributed by atoms with Gasteiger partial charge in [-0.25, -0.2) is 5.84 Å². The highest BCUT2D eigenvalue weighted by molar-refractivity contribution is 6.33. The molecule has 1 aliphatic heterocycles. The number of nitrogens with two attached hydrogens (primary N) is 2. The number of hydrazine groups is 1. The van der Waals surface area contributed by atoms with Crippen molar-refractivity contribution in [1.82, 2.24) is 19.6 Å². The Balaban J connectivity index is 1.56. The summed E-state index contributed by atoms with van der Waals surface area (Å²) >= 11 is 6.35. The minimum Gasteiger partial charge on any atom is -0.397 e. The zero-order valence-corrected chi connectivity index (χ0v) is 23.9. The molecule has 0 atom stereocenters. The van der Waals surface area contributed by atoms with E-state index in [0.717, 1.165) is 50.4 Å². The number of benzene rings is 2. The van der Waals surface area contributed by atoms with Gasteiger partial charge in [0, 0.05) is 55.4 Å². The van der Waals surface area contributed by atoms with Crippen LogP contribution in [0.25, 0.3) is 5.70 Å². The normalized spacial score (nSPS) is 15.6. The maximum atomic E-state index is 13.8. The minimum atomic E-state index is -4.57. The molecule has 4 rings (SSSR count). The van der Waals surface area contributed by atoms with Gasteiger partial charge in [0.25, 0.3) is 5.91 Å². The number of likely N-dealkylation sites (N-methyl/N-ethyl adjacent to an activating group) is 1. The number of hydrogen-bond acceptors (Lipinski definition) is 7. The number of carbonyl (C=O) groups is 1. The molecule has 5 N–H and O–H groups in total. The first kappa shape index (κ1) is 30.4. The van der Waals surface area contributed by atoms with Crippen LogP contribution >= 0.6 is 11.6 Å². The van der Waals surface area contributed by atoms with Gasteiger partial charge >= 0.3 is 6.18 Å². The van der Waals surface area contributed by atoms with Crippen molar-refractivity contribution in [3.63, 3.8) is 0 Å². The lowest BCUT2D eigenvalue weighted by Gasteiger charge is -2.21. The lowest BCUT2D eigenvalue weighted by molar-refractivity contribution is -0.137. The van der Waals surface area contributed by atoms with Crippen LogP contribution in [0.3, 0.4) is 0 Å². The Kier molecular flexibility index (Phi) is 9.27. The largest absolute Gasteiger partial charge is 0.416 e. The standard InChI is InChI=1S/C28H34ClF3N8O/c1-18-23(15-35-38(18)3)25(33)17-40(34)26-13-20(5-6-24(26)29)27(41)36-22-12-19(11-21(14-22)28(30,31)32)16-39-8-4-7-37(2)9-10-39/h5-6,11-15,17H,4,7-10,16,33-34H2,1-3H3,(H,36,41)/b25-17-. The van der Waals surface area contributed by atoms with Crippen LogP contribution in [0.4, 0.5) is 24.5 Å². The summed E-state index contributed by atoms with van der Waals surface area (Å²) in [4.78, 5) is 17.5. The fraction of sp³-hybridized carbons (Fsp3) is 0.357. The van der Waals surface area contributed by atoms with E-state index in [1.54, 1.807) is 24.0 Å². The lowest BCUT2D eigenvalue weighted by atomic mass is 10.1. The van der Waals surface area contributed by atoms with Crippen molar-refractivity contribution in [1.29, 1.82) is 0 Å². The predicted molar refractivity (Wildman–Crippen MR) is 155 cm³/mol. The van der Waals surface area contributed by atoms with Crippen molar-refractivity contribution >= 4 is 34.6 Å². The van der Waals surface area contributed by atoms with E-state index >= 15 is 0 Å². The molecule has 1 aliphatic rings. The number of rotatable bonds is 7. The van der Waals surface area contributed by atoms with Crippen molar-refractivity contribution in [3.05, 3.63) is 81.8 Å². The van der Waals surface area contributed by atoms with E-state index in [0.29, 0.717) is 23.4 Å². The van der Waals surface area contributed by atoms with Gasteiger partial charge < -0.3 is 16.0 Å². The number of hydrogen-bond donors (Lipinski definition) is 3. The number of aryl methyl sites for hydroxylation is 1. The van der Waals surface area contributed by atoms with Gasteiger partial charge in [0.1, 0.15) is 0 Å². The van der Waals surface area contributed by atoms with Crippen molar-refractivity contribution < 1.29 is 18.0 Å². The molecule has 2 aromatic carbocycles. The second-order valence-corrected chi connectivity index (χ2v) is 10.6. The Morgan fingerprint density at radius 1 is 1.15 bits per heavy atom. The summed E-state index contributed by atoms with van der Waals surface area (Å²) < 4.78 is 42.9. The molecule has 0 spiro atoms. The number of halogens is 4. The van der Waals surface area contributed by atoms with Gasteiger partial charge in [0.15, 0.2) is 0 Å². The molecule has 9 nitrogen and oxygen atoms in total. The molecule has 1 fully saturated rings. The summed E-state index contributed by atoms with van der Waals surface area (Å²) in [5.74, 6) is 5.60. The Morgan fingerprint density at radius 3 is 2.59 bits per heavy atom. The number of nitrogens with one attached hydrogen (secondary N) is 1. The van der Waals surface area contributed by atoms with Gasteiger partial charge in [0.05, 0.1) is 28.2 Å². The second kappa shape index (κ2) is 12.5. The van der Waals surface area contributed by atoms with Crippen LogP contribution in [0, 0.1) is 6.92 Å². The third kappa shape index (κ3) is 7.59. The summed E-state index contributed by atoms with van der Waals surface area (Å²) in [7, 11) is 3.81. The topological polar surface area (TPSA) is 109 Å². The van der Waals surface area contributed by atoms with E-state index < -0.39 is 17.6 Å². The van der Waals surface area contributed by atoms with E-state index in [-0.39, 0.29) is 22.0 Å². The van der Waals surface area contributed by atoms with Gasteiger partial charge in [0.2, 0.25) is 0 Å². The van der Waals surface area contributed by atoms with Gasteiger partial charge in [-0.3, -0.25) is 19.4 Å². The van der Waals surface area contributed by atoms with Crippen LogP contribution in [0.15, 0.2) is 48.8 Å². The molecule has 0 bridgehead atoms. The van der Waals surface area contributed by atoms with Crippen LogP contribution < -0.4 is 21.9 Å². The minimum absolute atomic E-state index is 0.0454. The van der Waals surface area contributed by atoms with Gasteiger partial charge in [-0.15, -0.1) is 0 Å². The molecule has 1 amide bonds. The number of nitrogens with zero attached hydrogens (tertiary/aromatic N) is 5. The molecule has 0 aliphatic carbocycles. The predicted octanol–water partition coefficient (Wildman–Crippen LogP) is 4.43. The number of carbonyl (C=O) groups excluding carboxylic acids is 1. The molecule has 0 radical (unpaired) electrons. The van der Waals surface area contributed by atoms with E-state index in [4.69, 9.17) is 23.2 Å². The van der Waals surface area contributed by atoms with Crippen molar-refractivity contribution in [2.24, 2.45) is 18.6 Å². The molecule has 2 heterocycles. The summed E-state index contributed by atoms with van der Waals surface area (Å²) in [6, 6.07) is 8.04. The van der Waals surface area contributed by atoms with Crippen LogP contribution in [-0.2, 0) is 19.8 Å². The Hall–Kier alpha value is -3.58. The molecule has 0 unspecified atom stereocenters. The average Bonchev–Trinajstić information content (AvgIpc) is 3.10. The fourth-order valence-corrected chi connectivity index (χ4v) is 4.88. The van der Waals surface area contributed by atoms with Crippen LogP contribution in [0.5, 0.6) is 0 Å². The molecule has 0 saturated carbocycles. The maximum Gasteiger partial charge on any atom is 0.416 e. The van der Waals surface area contributed by atoms with Crippen molar-refractivity contribution in [3.8, 4) is 0 Å². The molecule has 13 heteroatoms. The zero-order valence-electron chi connectivity index (χ0n) is 23.2. The number of aromatic nitrogens is 2. The molecule has 41 heavy (non-hydrogen) atoms. The summed E-state index contributed by atoms with van der Waals surface area (Å²) in [5.41, 5.74) is 8.17. The first-order chi connectivity index (χ1) is 19.3. The van der Waals surface area contributed by atoms with Crippen LogP contribution in [0.2, 0.25) is 5.02 Å². The number of amides is 1. The highest BCUT2D eigenvalue weighted by Gasteiger charge is 2.31. The highest BCUT2D eigenvalue weighted by Crippen LogP contribution is 2.33. The van der Waals surface area contributed by atoms with E-state index in [1.807, 2.05) is 14.0 Å². The average molecular weight is 591 g/mol. The first-order valence-electron chi connectivity index (χ1n) is 13.0. The fourth-order valence-electron chi connectivity index (χ4n) is 4.66. The van der Waals surface area contributed by atoms with Crippen LogP contribution in [-0.4, -0.2) is 58.7 Å². The molecule has 220 valence electrons. The number of alkyl halides is 3. The van der Waals surface area contributed by atoms with Crippen LogP contribution in [0.1, 0.15) is 39.2 Å². The maximum absolute atomic E-state index is 13.8. The van der Waals surface area contributed by atoms with Crippen molar-refractivity contribution in [2.75, 3.05) is 43.6 Å². The van der Waals surface area contributed by atoms with E-state index in [1.165, 1.54) is 29.4 Å². The molecule has 1 saturated heterocycles. The molecule has 3 aromatic rings. The number of anilines is 2. The van der Waals surface area contributed by atoms with Crippen molar-refractivity contribution in [2.45, 2.75) is 26.1 Å². The van der Waals surface area contributed by atoms with E-state index in [9.17, 15) is 18.0 Å². The van der Waals surface area contributed by atoms with Gasteiger partial charge in [-0.1, -0.05) is 11.6 Å². The SMILES string of the molecule is Cc1c(/C(N)=C/N(N)c2cc(C(=O)Nc3cc(CN4CCCN(C)CC4)cc(C(F)(F)F)c3)ccc2Cl)cnn1C. The molecular formula is C28H34ClF3N8O. The first-order valence-corrected chi connectivity index (χ1v) is 13.4. The quantitative estimate of drug-likeness (QED) is 0.276. The molecular weight excluding hydrogens is 557 g/mol. The Morgan fingerprint density at radius 2 is 1.90 bits per heavy atom. The summed E-state index contributed by atoms with van der Waals surface area (Å²) in [6.45, 7) is 5.50. The van der Waals surface area contributed by atoms with E-state index in [2.05, 4.69) is 20.2 Å². The Bertz CT molecular complexity index is 1440. The zero-order chi connectivity index (χ0) is 29.9. The summed E-state index contributed by atoms with van der Waals surface area (Å²) in [5, 5.41) is 8.21. The molecule has 1 aromatic heterocycles. The second-order valence-electron chi connectivity index (χ2n) is 10.2. The summed E-state index contributed by atoms with van der Waals surface area (Å²) in [6.07, 6.45) is -0.582. The van der Waals surface area contributed by atoms with Gasteiger partial charge in [-0.05, 0) is 75.4 Å².